The Morgan fingerprint density at radius 1 is 1.53 bits per heavy atom. The second kappa shape index (κ2) is 5.61. The standard InChI is InChI=1S/C13H13BrO5/c1-7-5-8-3-4-9(14)12(11(8)13(16)19-7)18-6-10(15)17-2/h3-4,7H,5-6H2,1-2H3/t7-/m1/s1. The molecule has 0 unspecified atom stereocenters. The molecule has 0 radical (unpaired) electrons. The van der Waals surface area contributed by atoms with Gasteiger partial charge < -0.3 is 14.2 Å². The number of cyclic esters (lactones) is 1. The normalized spacial score (nSPS) is 17.4. The zero-order valence-electron chi connectivity index (χ0n) is 10.6. The van der Waals surface area contributed by atoms with Crippen molar-refractivity contribution in [1.82, 2.24) is 0 Å². The van der Waals surface area contributed by atoms with Crippen LogP contribution < -0.4 is 4.74 Å². The third-order valence-corrected chi connectivity index (χ3v) is 3.40. The number of methoxy groups -OCH3 is 1. The summed E-state index contributed by atoms with van der Waals surface area (Å²) >= 11 is 3.31. The maximum Gasteiger partial charge on any atom is 0.343 e. The van der Waals surface area contributed by atoms with Gasteiger partial charge in [-0.25, -0.2) is 9.59 Å². The van der Waals surface area contributed by atoms with Crippen LogP contribution in [0.1, 0.15) is 22.8 Å². The van der Waals surface area contributed by atoms with Crippen molar-refractivity contribution in [1.29, 1.82) is 0 Å². The van der Waals surface area contributed by atoms with Crippen molar-refractivity contribution < 1.29 is 23.8 Å². The minimum absolute atomic E-state index is 0.158. The lowest BCUT2D eigenvalue weighted by molar-refractivity contribution is -0.142. The second-order valence-electron chi connectivity index (χ2n) is 4.20. The van der Waals surface area contributed by atoms with Crippen molar-refractivity contribution in [3.8, 4) is 5.75 Å². The van der Waals surface area contributed by atoms with Crippen molar-refractivity contribution in [2.24, 2.45) is 0 Å². The minimum atomic E-state index is -0.512. The summed E-state index contributed by atoms with van der Waals surface area (Å²) in [6.07, 6.45) is 0.470. The predicted molar refractivity (Wildman–Crippen MR) is 70.2 cm³/mol. The maximum absolute atomic E-state index is 11.9. The van der Waals surface area contributed by atoms with Crippen molar-refractivity contribution in [3.05, 3.63) is 27.7 Å². The number of carbonyl (C=O) groups excluding carboxylic acids is 2. The van der Waals surface area contributed by atoms with E-state index in [0.29, 0.717) is 22.2 Å². The molecule has 2 rings (SSSR count). The number of hydrogen-bond acceptors (Lipinski definition) is 5. The highest BCUT2D eigenvalue weighted by Gasteiger charge is 2.29. The Morgan fingerprint density at radius 2 is 2.26 bits per heavy atom. The summed E-state index contributed by atoms with van der Waals surface area (Å²) < 4.78 is 15.7. The molecule has 102 valence electrons. The summed E-state index contributed by atoms with van der Waals surface area (Å²) in [6, 6.07) is 3.64. The summed E-state index contributed by atoms with van der Waals surface area (Å²) in [5.74, 6) is -0.628. The lowest BCUT2D eigenvalue weighted by atomic mass is 9.98. The molecule has 1 heterocycles. The van der Waals surface area contributed by atoms with E-state index in [1.165, 1.54) is 7.11 Å². The van der Waals surface area contributed by atoms with E-state index in [4.69, 9.17) is 9.47 Å². The van der Waals surface area contributed by atoms with Crippen LogP contribution in [-0.4, -0.2) is 31.8 Å². The highest BCUT2D eigenvalue weighted by molar-refractivity contribution is 9.10. The van der Waals surface area contributed by atoms with Crippen LogP contribution in [0.15, 0.2) is 16.6 Å². The van der Waals surface area contributed by atoms with Crippen LogP contribution in [-0.2, 0) is 20.7 Å². The van der Waals surface area contributed by atoms with Gasteiger partial charge in [0.05, 0.1) is 11.6 Å². The van der Waals surface area contributed by atoms with E-state index in [0.717, 1.165) is 5.56 Å². The maximum atomic E-state index is 11.9. The smallest absolute Gasteiger partial charge is 0.343 e. The number of esters is 2. The lowest BCUT2D eigenvalue weighted by Gasteiger charge is -2.24. The fraction of sp³-hybridized carbons (Fsp3) is 0.385. The highest BCUT2D eigenvalue weighted by Crippen LogP contribution is 2.35. The first-order chi connectivity index (χ1) is 9.02. The van der Waals surface area contributed by atoms with E-state index >= 15 is 0 Å². The van der Waals surface area contributed by atoms with Gasteiger partial charge in [-0.05, 0) is 34.5 Å². The molecule has 5 nitrogen and oxygen atoms in total. The SMILES string of the molecule is COC(=O)COc1c(Br)ccc2c1C(=O)O[C@H](C)C2. The summed E-state index contributed by atoms with van der Waals surface area (Å²) in [5.41, 5.74) is 1.23. The van der Waals surface area contributed by atoms with E-state index in [2.05, 4.69) is 20.7 Å². The van der Waals surface area contributed by atoms with Crippen LogP contribution in [0.3, 0.4) is 0 Å². The molecule has 0 saturated carbocycles. The molecule has 1 atom stereocenters. The third-order valence-electron chi connectivity index (χ3n) is 2.78. The Morgan fingerprint density at radius 3 is 2.95 bits per heavy atom. The Balaban J connectivity index is 2.35. The van der Waals surface area contributed by atoms with Gasteiger partial charge in [-0.1, -0.05) is 6.07 Å². The van der Waals surface area contributed by atoms with Crippen molar-refractivity contribution >= 4 is 27.9 Å². The molecule has 1 aromatic carbocycles. The van der Waals surface area contributed by atoms with Crippen LogP contribution in [0.2, 0.25) is 0 Å². The molecule has 1 aromatic rings. The van der Waals surface area contributed by atoms with Gasteiger partial charge >= 0.3 is 11.9 Å². The highest BCUT2D eigenvalue weighted by atomic mass is 79.9. The molecule has 0 fully saturated rings. The van der Waals surface area contributed by atoms with E-state index in [-0.39, 0.29) is 12.7 Å². The van der Waals surface area contributed by atoms with E-state index in [1.807, 2.05) is 13.0 Å². The second-order valence-corrected chi connectivity index (χ2v) is 5.05. The Labute approximate surface area is 119 Å². The molecule has 0 amide bonds. The van der Waals surface area contributed by atoms with Gasteiger partial charge in [-0.2, -0.15) is 0 Å². The molecule has 0 N–H and O–H groups in total. The van der Waals surface area contributed by atoms with Gasteiger partial charge in [-0.15, -0.1) is 0 Å². The largest absolute Gasteiger partial charge is 0.480 e. The molecule has 0 aromatic heterocycles. The van der Waals surface area contributed by atoms with Crippen molar-refractivity contribution in [2.45, 2.75) is 19.4 Å². The lowest BCUT2D eigenvalue weighted by Crippen LogP contribution is -2.26. The first-order valence-electron chi connectivity index (χ1n) is 5.75. The third kappa shape index (κ3) is 2.89. The average molecular weight is 329 g/mol. The van der Waals surface area contributed by atoms with Crippen LogP contribution in [0.5, 0.6) is 5.75 Å². The quantitative estimate of drug-likeness (QED) is 0.795. The number of hydrogen-bond donors (Lipinski definition) is 0. The summed E-state index contributed by atoms with van der Waals surface area (Å²) in [4.78, 5) is 23.1. The number of rotatable bonds is 3. The predicted octanol–water partition coefficient (Wildman–Crippen LogP) is 2.10. The fourth-order valence-electron chi connectivity index (χ4n) is 1.92. The molecular weight excluding hydrogens is 316 g/mol. The van der Waals surface area contributed by atoms with E-state index < -0.39 is 11.9 Å². The van der Waals surface area contributed by atoms with Gasteiger partial charge in [0.2, 0.25) is 0 Å². The van der Waals surface area contributed by atoms with Crippen LogP contribution in [0.4, 0.5) is 0 Å². The molecule has 1 aliphatic heterocycles. The Bertz CT molecular complexity index is 526. The number of carbonyl (C=O) groups is 2. The van der Waals surface area contributed by atoms with Crippen LogP contribution in [0.25, 0.3) is 0 Å². The van der Waals surface area contributed by atoms with Crippen LogP contribution in [0, 0.1) is 0 Å². The minimum Gasteiger partial charge on any atom is -0.480 e. The van der Waals surface area contributed by atoms with Gasteiger partial charge in [0, 0.05) is 6.42 Å². The molecule has 0 saturated heterocycles. The monoisotopic (exact) mass is 328 g/mol. The molecule has 6 heteroatoms. The number of ether oxygens (including phenoxy) is 3. The van der Waals surface area contributed by atoms with Crippen molar-refractivity contribution in [2.75, 3.05) is 13.7 Å². The summed E-state index contributed by atoms with van der Waals surface area (Å²) in [7, 11) is 1.27. The van der Waals surface area contributed by atoms with Crippen LogP contribution >= 0.6 is 15.9 Å². The topological polar surface area (TPSA) is 61.8 Å². The van der Waals surface area contributed by atoms with Gasteiger partial charge in [0.15, 0.2) is 6.61 Å². The first-order valence-corrected chi connectivity index (χ1v) is 6.54. The number of halogens is 1. The van der Waals surface area contributed by atoms with E-state index in [9.17, 15) is 9.59 Å². The number of benzene rings is 1. The summed E-state index contributed by atoms with van der Waals surface area (Å²) in [5, 5.41) is 0. The average Bonchev–Trinajstić information content (AvgIpc) is 2.37. The Hall–Kier alpha value is -1.56. The zero-order chi connectivity index (χ0) is 14.0. The van der Waals surface area contributed by atoms with Gasteiger partial charge in [-0.3, -0.25) is 0 Å². The molecule has 1 aliphatic rings. The molecule has 0 bridgehead atoms. The van der Waals surface area contributed by atoms with Gasteiger partial charge in [0.25, 0.3) is 0 Å². The molecule has 0 aliphatic carbocycles. The summed E-state index contributed by atoms with van der Waals surface area (Å²) in [6.45, 7) is 1.58. The Kier molecular flexibility index (Phi) is 4.09. The first kappa shape index (κ1) is 13.9. The molecular formula is C13H13BrO5. The number of fused-ring (bicyclic) bond motifs is 1. The zero-order valence-corrected chi connectivity index (χ0v) is 12.2. The molecule has 0 spiro atoms. The van der Waals surface area contributed by atoms with Crippen molar-refractivity contribution in [3.63, 3.8) is 0 Å². The molecule has 19 heavy (non-hydrogen) atoms. The fourth-order valence-corrected chi connectivity index (χ4v) is 2.36. The van der Waals surface area contributed by atoms with E-state index in [1.54, 1.807) is 6.07 Å². The van der Waals surface area contributed by atoms with Gasteiger partial charge in [0.1, 0.15) is 17.4 Å².